The standard InChI is InChI=1S/C21H18N4S/c22-11-6-12-25-14-18(17-9-4-5-10-20(17)25)19-15-26-21(24-19)23-13-16-7-2-1-3-8-16/h1-5,7-10,14-15H,6,12-13H2,(H,23,24). The van der Waals surface area contributed by atoms with Crippen LogP contribution in [-0.2, 0) is 13.1 Å². The predicted molar refractivity (Wildman–Crippen MR) is 107 cm³/mol. The summed E-state index contributed by atoms with van der Waals surface area (Å²) in [7, 11) is 0. The van der Waals surface area contributed by atoms with Crippen molar-refractivity contribution in [1.29, 1.82) is 5.26 Å². The van der Waals surface area contributed by atoms with Crippen molar-refractivity contribution < 1.29 is 0 Å². The van der Waals surface area contributed by atoms with E-state index in [2.05, 4.69) is 51.8 Å². The summed E-state index contributed by atoms with van der Waals surface area (Å²) in [5.74, 6) is 0. The lowest BCUT2D eigenvalue weighted by molar-refractivity contribution is 0.745. The fourth-order valence-electron chi connectivity index (χ4n) is 3.06. The SMILES string of the molecule is N#CCCn1cc(-c2csc(NCc3ccccc3)n2)c2ccccc21. The maximum atomic E-state index is 8.90. The van der Waals surface area contributed by atoms with E-state index in [0.29, 0.717) is 13.0 Å². The van der Waals surface area contributed by atoms with Gasteiger partial charge in [-0.2, -0.15) is 5.26 Å². The molecule has 5 heteroatoms. The maximum Gasteiger partial charge on any atom is 0.183 e. The zero-order valence-electron chi connectivity index (χ0n) is 14.2. The van der Waals surface area contributed by atoms with Crippen LogP contribution in [0.3, 0.4) is 0 Å². The van der Waals surface area contributed by atoms with Crippen molar-refractivity contribution in [3.05, 3.63) is 71.7 Å². The van der Waals surface area contributed by atoms with Gasteiger partial charge in [-0.1, -0.05) is 48.5 Å². The molecule has 2 aromatic heterocycles. The van der Waals surface area contributed by atoms with Gasteiger partial charge in [-0.05, 0) is 11.6 Å². The Labute approximate surface area is 156 Å². The molecule has 4 nitrogen and oxygen atoms in total. The number of rotatable bonds is 6. The van der Waals surface area contributed by atoms with Crippen LogP contribution in [0.25, 0.3) is 22.2 Å². The molecule has 0 saturated carbocycles. The summed E-state index contributed by atoms with van der Waals surface area (Å²) >= 11 is 1.62. The fourth-order valence-corrected chi connectivity index (χ4v) is 3.77. The molecule has 0 fully saturated rings. The summed E-state index contributed by atoms with van der Waals surface area (Å²) in [4.78, 5) is 4.77. The van der Waals surface area contributed by atoms with Crippen LogP contribution in [0.15, 0.2) is 66.2 Å². The minimum atomic E-state index is 0.499. The lowest BCUT2D eigenvalue weighted by Crippen LogP contribution is -1.98. The Kier molecular flexibility index (Phi) is 4.67. The van der Waals surface area contributed by atoms with Gasteiger partial charge in [-0.25, -0.2) is 4.98 Å². The number of benzene rings is 2. The fraction of sp³-hybridized carbons (Fsp3) is 0.143. The van der Waals surface area contributed by atoms with E-state index < -0.39 is 0 Å². The Morgan fingerprint density at radius 1 is 1.08 bits per heavy atom. The molecule has 0 amide bonds. The van der Waals surface area contributed by atoms with Crippen molar-refractivity contribution in [3.63, 3.8) is 0 Å². The van der Waals surface area contributed by atoms with Crippen LogP contribution < -0.4 is 5.32 Å². The van der Waals surface area contributed by atoms with Crippen LogP contribution in [0.2, 0.25) is 0 Å². The van der Waals surface area contributed by atoms with Crippen LogP contribution >= 0.6 is 11.3 Å². The molecule has 0 aliphatic rings. The van der Waals surface area contributed by atoms with E-state index in [1.54, 1.807) is 11.3 Å². The zero-order chi connectivity index (χ0) is 17.8. The minimum absolute atomic E-state index is 0.499. The van der Waals surface area contributed by atoms with Gasteiger partial charge >= 0.3 is 0 Å². The number of hydrogen-bond acceptors (Lipinski definition) is 4. The second-order valence-electron chi connectivity index (χ2n) is 6.04. The zero-order valence-corrected chi connectivity index (χ0v) is 15.0. The third kappa shape index (κ3) is 3.32. The topological polar surface area (TPSA) is 53.6 Å². The predicted octanol–water partition coefficient (Wildman–Crippen LogP) is 5.29. The van der Waals surface area contributed by atoms with Gasteiger partial charge in [-0.15, -0.1) is 11.3 Å². The molecule has 26 heavy (non-hydrogen) atoms. The Morgan fingerprint density at radius 2 is 1.88 bits per heavy atom. The van der Waals surface area contributed by atoms with Gasteiger partial charge in [0, 0.05) is 41.1 Å². The molecule has 0 saturated heterocycles. The van der Waals surface area contributed by atoms with Crippen molar-refractivity contribution in [3.8, 4) is 17.3 Å². The molecule has 0 atom stereocenters. The summed E-state index contributed by atoms with van der Waals surface area (Å²) in [5, 5.41) is 16.5. The van der Waals surface area contributed by atoms with Crippen molar-refractivity contribution in [2.24, 2.45) is 0 Å². The highest BCUT2D eigenvalue weighted by Gasteiger charge is 2.12. The highest BCUT2D eigenvalue weighted by molar-refractivity contribution is 7.14. The van der Waals surface area contributed by atoms with Gasteiger partial charge in [0.05, 0.1) is 18.2 Å². The minimum Gasteiger partial charge on any atom is -0.357 e. The quantitative estimate of drug-likeness (QED) is 0.509. The number of thiazole rings is 1. The van der Waals surface area contributed by atoms with E-state index in [4.69, 9.17) is 10.2 Å². The molecule has 4 rings (SSSR count). The Hall–Kier alpha value is -3.10. The first kappa shape index (κ1) is 16.4. The number of nitrogens with one attached hydrogen (secondary N) is 1. The summed E-state index contributed by atoms with van der Waals surface area (Å²) in [5.41, 5.74) is 4.46. The second-order valence-corrected chi connectivity index (χ2v) is 6.90. The third-order valence-electron chi connectivity index (χ3n) is 4.32. The summed E-state index contributed by atoms with van der Waals surface area (Å²) < 4.78 is 2.14. The first-order chi connectivity index (χ1) is 12.8. The van der Waals surface area contributed by atoms with E-state index in [-0.39, 0.29) is 0 Å². The largest absolute Gasteiger partial charge is 0.357 e. The number of para-hydroxylation sites is 1. The molecule has 0 bridgehead atoms. The molecule has 2 aromatic carbocycles. The van der Waals surface area contributed by atoms with Gasteiger partial charge in [0.15, 0.2) is 5.13 Å². The van der Waals surface area contributed by atoms with Gasteiger partial charge in [-0.3, -0.25) is 0 Å². The van der Waals surface area contributed by atoms with Gasteiger partial charge < -0.3 is 9.88 Å². The van der Waals surface area contributed by atoms with E-state index in [1.807, 2.05) is 30.3 Å². The number of aryl methyl sites for hydroxylation is 1. The van der Waals surface area contributed by atoms with E-state index in [0.717, 1.165) is 28.5 Å². The maximum absolute atomic E-state index is 8.90. The molecule has 0 radical (unpaired) electrons. The van der Waals surface area contributed by atoms with E-state index >= 15 is 0 Å². The third-order valence-corrected chi connectivity index (χ3v) is 5.12. The first-order valence-corrected chi connectivity index (χ1v) is 9.41. The van der Waals surface area contributed by atoms with Crippen molar-refractivity contribution in [2.75, 3.05) is 5.32 Å². The highest BCUT2D eigenvalue weighted by Crippen LogP contribution is 2.32. The van der Waals surface area contributed by atoms with Crippen LogP contribution in [0, 0.1) is 11.3 Å². The number of nitriles is 1. The molecule has 0 unspecified atom stereocenters. The van der Waals surface area contributed by atoms with Crippen LogP contribution in [0.4, 0.5) is 5.13 Å². The van der Waals surface area contributed by atoms with E-state index in [1.165, 1.54) is 10.9 Å². The molecule has 0 aliphatic carbocycles. The molecule has 128 valence electrons. The smallest absolute Gasteiger partial charge is 0.183 e. The molecular weight excluding hydrogens is 340 g/mol. The number of anilines is 1. The van der Waals surface area contributed by atoms with Crippen LogP contribution in [0.5, 0.6) is 0 Å². The number of hydrogen-bond donors (Lipinski definition) is 1. The average Bonchev–Trinajstić information content (AvgIpc) is 3.30. The molecule has 4 aromatic rings. The highest BCUT2D eigenvalue weighted by atomic mass is 32.1. The summed E-state index contributed by atoms with van der Waals surface area (Å²) in [6.07, 6.45) is 2.61. The molecule has 0 aliphatic heterocycles. The lowest BCUT2D eigenvalue weighted by Gasteiger charge is -2.02. The number of nitrogens with zero attached hydrogens (tertiary/aromatic N) is 3. The van der Waals surface area contributed by atoms with Gasteiger partial charge in [0.2, 0.25) is 0 Å². The Bertz CT molecular complexity index is 1060. The summed E-state index contributed by atoms with van der Waals surface area (Å²) in [6, 6.07) is 20.8. The Morgan fingerprint density at radius 3 is 2.73 bits per heavy atom. The van der Waals surface area contributed by atoms with Crippen molar-refractivity contribution in [2.45, 2.75) is 19.5 Å². The molecule has 0 spiro atoms. The average molecular weight is 358 g/mol. The van der Waals surface area contributed by atoms with Crippen molar-refractivity contribution in [1.82, 2.24) is 9.55 Å². The van der Waals surface area contributed by atoms with Gasteiger partial charge in [0.25, 0.3) is 0 Å². The molecule has 1 N–H and O–H groups in total. The second kappa shape index (κ2) is 7.42. The number of aromatic nitrogens is 2. The number of fused-ring (bicyclic) bond motifs is 1. The lowest BCUT2D eigenvalue weighted by atomic mass is 10.1. The summed E-state index contributed by atoms with van der Waals surface area (Å²) in [6.45, 7) is 1.46. The first-order valence-electron chi connectivity index (χ1n) is 8.53. The molecule has 2 heterocycles. The normalized spacial score (nSPS) is 10.7. The van der Waals surface area contributed by atoms with Crippen molar-refractivity contribution >= 4 is 27.4 Å². The monoisotopic (exact) mass is 358 g/mol. The van der Waals surface area contributed by atoms with E-state index in [9.17, 15) is 0 Å². The van der Waals surface area contributed by atoms with Gasteiger partial charge in [0.1, 0.15) is 0 Å². The van der Waals surface area contributed by atoms with Crippen LogP contribution in [-0.4, -0.2) is 9.55 Å². The molecular formula is C21H18N4S. The van der Waals surface area contributed by atoms with Crippen LogP contribution in [0.1, 0.15) is 12.0 Å². The Balaban J connectivity index is 1.60.